The Morgan fingerprint density at radius 1 is 1.21 bits per heavy atom. The van der Waals surface area contributed by atoms with Crippen molar-refractivity contribution >= 4 is 0 Å². The molecule has 1 saturated heterocycles. The third-order valence-corrected chi connectivity index (χ3v) is 3.89. The summed E-state index contributed by atoms with van der Waals surface area (Å²) in [7, 11) is 0. The molecule has 1 aromatic carbocycles. The van der Waals surface area contributed by atoms with Gasteiger partial charge in [0.2, 0.25) is 0 Å². The number of unbranched alkanes of at least 4 members (excludes halogenated alkanes) is 1. The van der Waals surface area contributed by atoms with E-state index in [1.807, 2.05) is 0 Å². The van der Waals surface area contributed by atoms with Gasteiger partial charge in [-0.05, 0) is 24.0 Å². The lowest BCUT2D eigenvalue weighted by molar-refractivity contribution is 0.0179. The van der Waals surface area contributed by atoms with Gasteiger partial charge in [-0.25, -0.2) is 0 Å². The highest BCUT2D eigenvalue weighted by Gasteiger charge is 2.20. The average Bonchev–Trinajstić information content (AvgIpc) is 2.48. The molecule has 0 bridgehead atoms. The second-order valence-corrected chi connectivity index (χ2v) is 5.24. The lowest BCUT2D eigenvalue weighted by atomic mass is 10.0. The molecule has 3 heteroatoms. The Morgan fingerprint density at radius 2 is 1.89 bits per heavy atom. The van der Waals surface area contributed by atoms with E-state index in [9.17, 15) is 0 Å². The Labute approximate surface area is 116 Å². The average molecular weight is 262 g/mol. The topological polar surface area (TPSA) is 38.5 Å². The number of morpholine rings is 1. The Kier molecular flexibility index (Phi) is 5.83. The molecule has 2 N–H and O–H groups in total. The number of nitrogens with two attached hydrogens (primary N) is 1. The monoisotopic (exact) mass is 262 g/mol. The number of benzene rings is 1. The number of hydrogen-bond acceptors (Lipinski definition) is 3. The van der Waals surface area contributed by atoms with Crippen LogP contribution in [0.25, 0.3) is 0 Å². The summed E-state index contributed by atoms with van der Waals surface area (Å²) in [6.45, 7) is 6.53. The molecular formula is C16H26N2O. The summed E-state index contributed by atoms with van der Waals surface area (Å²) in [5.41, 5.74) is 8.74. The van der Waals surface area contributed by atoms with Gasteiger partial charge in [0.1, 0.15) is 0 Å². The predicted molar refractivity (Wildman–Crippen MR) is 79.2 cm³/mol. The molecule has 1 fully saturated rings. The van der Waals surface area contributed by atoms with Crippen LogP contribution in [0.3, 0.4) is 0 Å². The number of ether oxygens (including phenoxy) is 1. The van der Waals surface area contributed by atoms with Crippen molar-refractivity contribution in [1.29, 1.82) is 0 Å². The molecule has 1 unspecified atom stereocenters. The summed E-state index contributed by atoms with van der Waals surface area (Å²) in [6.07, 6.45) is 3.70. The van der Waals surface area contributed by atoms with Crippen LogP contribution in [-0.4, -0.2) is 37.7 Å². The number of hydrogen-bond donors (Lipinski definition) is 1. The SMILES string of the molecule is CCCCc1ccc(C(CN)N2CCOCC2)cc1. The van der Waals surface area contributed by atoms with Crippen molar-refractivity contribution in [3.05, 3.63) is 35.4 Å². The summed E-state index contributed by atoms with van der Waals surface area (Å²) < 4.78 is 5.41. The maximum atomic E-state index is 5.97. The van der Waals surface area contributed by atoms with Crippen LogP contribution in [0.2, 0.25) is 0 Å². The Balaban J connectivity index is 2.01. The van der Waals surface area contributed by atoms with Gasteiger partial charge in [0.15, 0.2) is 0 Å². The third kappa shape index (κ3) is 4.03. The van der Waals surface area contributed by atoms with Crippen molar-refractivity contribution in [3.8, 4) is 0 Å². The van der Waals surface area contributed by atoms with Crippen molar-refractivity contribution < 1.29 is 4.74 Å². The zero-order chi connectivity index (χ0) is 13.5. The molecule has 2 rings (SSSR count). The fourth-order valence-corrected chi connectivity index (χ4v) is 2.67. The second kappa shape index (κ2) is 7.63. The van der Waals surface area contributed by atoms with Crippen LogP contribution >= 0.6 is 0 Å². The lowest BCUT2D eigenvalue weighted by Crippen LogP contribution is -2.41. The molecule has 1 aromatic rings. The summed E-state index contributed by atoms with van der Waals surface area (Å²) >= 11 is 0. The fourth-order valence-electron chi connectivity index (χ4n) is 2.67. The first-order valence-corrected chi connectivity index (χ1v) is 7.46. The molecule has 1 heterocycles. The molecule has 3 nitrogen and oxygen atoms in total. The van der Waals surface area contributed by atoms with E-state index in [0.717, 1.165) is 26.3 Å². The van der Waals surface area contributed by atoms with Crippen molar-refractivity contribution in [2.45, 2.75) is 32.2 Å². The van der Waals surface area contributed by atoms with E-state index in [1.165, 1.54) is 30.4 Å². The minimum absolute atomic E-state index is 0.337. The summed E-state index contributed by atoms with van der Waals surface area (Å²) in [4.78, 5) is 2.44. The van der Waals surface area contributed by atoms with E-state index in [1.54, 1.807) is 0 Å². The van der Waals surface area contributed by atoms with Gasteiger partial charge in [-0.2, -0.15) is 0 Å². The Bertz CT molecular complexity index is 358. The van der Waals surface area contributed by atoms with Crippen LogP contribution in [0.15, 0.2) is 24.3 Å². The second-order valence-electron chi connectivity index (χ2n) is 5.24. The number of aryl methyl sites for hydroxylation is 1. The van der Waals surface area contributed by atoms with Crippen molar-refractivity contribution in [2.24, 2.45) is 5.73 Å². The third-order valence-electron chi connectivity index (χ3n) is 3.89. The first kappa shape index (κ1) is 14.5. The smallest absolute Gasteiger partial charge is 0.0594 e. The molecule has 106 valence electrons. The molecule has 0 saturated carbocycles. The van der Waals surface area contributed by atoms with Gasteiger partial charge >= 0.3 is 0 Å². The van der Waals surface area contributed by atoms with Crippen LogP contribution in [-0.2, 0) is 11.2 Å². The highest BCUT2D eigenvalue weighted by atomic mass is 16.5. The highest BCUT2D eigenvalue weighted by molar-refractivity contribution is 5.25. The molecule has 0 aliphatic carbocycles. The largest absolute Gasteiger partial charge is 0.379 e. The zero-order valence-electron chi connectivity index (χ0n) is 12.0. The van der Waals surface area contributed by atoms with E-state index >= 15 is 0 Å². The lowest BCUT2D eigenvalue weighted by Gasteiger charge is -2.34. The molecular weight excluding hydrogens is 236 g/mol. The highest BCUT2D eigenvalue weighted by Crippen LogP contribution is 2.21. The standard InChI is InChI=1S/C16H26N2O/c1-2-3-4-14-5-7-15(8-6-14)16(13-17)18-9-11-19-12-10-18/h5-8,16H,2-4,9-13,17H2,1H3. The van der Waals surface area contributed by atoms with Gasteiger partial charge in [0.05, 0.1) is 13.2 Å². The number of nitrogens with zero attached hydrogens (tertiary/aromatic N) is 1. The van der Waals surface area contributed by atoms with Crippen molar-refractivity contribution in [3.63, 3.8) is 0 Å². The van der Waals surface area contributed by atoms with Crippen LogP contribution in [0.4, 0.5) is 0 Å². The molecule has 19 heavy (non-hydrogen) atoms. The first-order chi connectivity index (χ1) is 9.35. The zero-order valence-corrected chi connectivity index (χ0v) is 12.0. The van der Waals surface area contributed by atoms with E-state index in [2.05, 4.69) is 36.1 Å². The molecule has 1 aliphatic heterocycles. The van der Waals surface area contributed by atoms with Gasteiger partial charge in [-0.1, -0.05) is 37.6 Å². The maximum Gasteiger partial charge on any atom is 0.0594 e. The number of rotatable bonds is 6. The van der Waals surface area contributed by atoms with Gasteiger partial charge in [-0.15, -0.1) is 0 Å². The van der Waals surface area contributed by atoms with Crippen molar-refractivity contribution in [1.82, 2.24) is 4.90 Å². The van der Waals surface area contributed by atoms with E-state index in [0.29, 0.717) is 12.6 Å². The molecule has 1 atom stereocenters. The normalized spacial score (nSPS) is 18.4. The molecule has 1 aliphatic rings. The minimum atomic E-state index is 0.337. The van der Waals surface area contributed by atoms with Gasteiger partial charge in [-0.3, -0.25) is 4.90 Å². The predicted octanol–water partition coefficient (Wildman–Crippen LogP) is 2.36. The van der Waals surface area contributed by atoms with E-state index < -0.39 is 0 Å². The van der Waals surface area contributed by atoms with Gasteiger partial charge in [0.25, 0.3) is 0 Å². The molecule has 0 amide bonds. The van der Waals surface area contributed by atoms with Gasteiger partial charge in [0, 0.05) is 25.7 Å². The van der Waals surface area contributed by atoms with Crippen LogP contribution in [0.1, 0.15) is 36.9 Å². The van der Waals surface area contributed by atoms with E-state index in [-0.39, 0.29) is 0 Å². The fraction of sp³-hybridized carbons (Fsp3) is 0.625. The summed E-state index contributed by atoms with van der Waals surface area (Å²) in [5, 5.41) is 0. The summed E-state index contributed by atoms with van der Waals surface area (Å²) in [6, 6.07) is 9.35. The quantitative estimate of drug-likeness (QED) is 0.855. The molecule has 0 aromatic heterocycles. The first-order valence-electron chi connectivity index (χ1n) is 7.46. The van der Waals surface area contributed by atoms with Gasteiger partial charge < -0.3 is 10.5 Å². The molecule has 0 spiro atoms. The van der Waals surface area contributed by atoms with Crippen LogP contribution in [0, 0.1) is 0 Å². The summed E-state index contributed by atoms with van der Waals surface area (Å²) in [5.74, 6) is 0. The van der Waals surface area contributed by atoms with Crippen molar-refractivity contribution in [2.75, 3.05) is 32.8 Å². The Morgan fingerprint density at radius 3 is 2.47 bits per heavy atom. The van der Waals surface area contributed by atoms with E-state index in [4.69, 9.17) is 10.5 Å². The molecule has 0 radical (unpaired) electrons. The minimum Gasteiger partial charge on any atom is -0.379 e. The van der Waals surface area contributed by atoms with Crippen LogP contribution in [0.5, 0.6) is 0 Å². The van der Waals surface area contributed by atoms with Crippen LogP contribution < -0.4 is 5.73 Å². The maximum absolute atomic E-state index is 5.97. The Hall–Kier alpha value is -0.900.